The van der Waals surface area contributed by atoms with Crippen LogP contribution in [0.4, 0.5) is 0 Å². The number of rotatable bonds is 2. The van der Waals surface area contributed by atoms with Crippen LogP contribution in [-0.2, 0) is 29.4 Å². The number of phenolic OH excluding ortho intramolecular Hbond substituents is 1. The van der Waals surface area contributed by atoms with Crippen molar-refractivity contribution in [3.63, 3.8) is 0 Å². The van der Waals surface area contributed by atoms with Crippen LogP contribution in [0.3, 0.4) is 0 Å². The SMILES string of the molecule is Cl.Cl.Oc1ccc2c(c1)[C@]13CCN(C[C@@H]4CCCO4)[C@H](C2)[C@]1(O)Cc1cc2ccccc2nc1C3. The molecule has 186 valence electrons. The third-order valence-corrected chi connectivity index (χ3v) is 8.95. The van der Waals surface area contributed by atoms with Crippen LogP contribution < -0.4 is 0 Å². The van der Waals surface area contributed by atoms with Gasteiger partial charge in [0.05, 0.1) is 17.2 Å². The maximum absolute atomic E-state index is 12.7. The number of aromatic hydroxyl groups is 1. The van der Waals surface area contributed by atoms with Crippen molar-refractivity contribution in [2.24, 2.45) is 0 Å². The molecule has 0 unspecified atom stereocenters. The van der Waals surface area contributed by atoms with Crippen LogP contribution >= 0.6 is 24.8 Å². The summed E-state index contributed by atoms with van der Waals surface area (Å²) in [6.45, 7) is 2.68. The van der Waals surface area contributed by atoms with Crippen molar-refractivity contribution in [1.29, 1.82) is 0 Å². The number of likely N-dealkylation sites (tertiary alicyclic amines) is 1. The van der Waals surface area contributed by atoms with Gasteiger partial charge in [-0.3, -0.25) is 9.88 Å². The molecule has 0 amide bonds. The van der Waals surface area contributed by atoms with Gasteiger partial charge >= 0.3 is 0 Å². The predicted molar refractivity (Wildman–Crippen MR) is 141 cm³/mol. The van der Waals surface area contributed by atoms with E-state index in [1.165, 1.54) is 11.1 Å². The molecule has 0 saturated carbocycles. The monoisotopic (exact) mass is 514 g/mol. The lowest BCUT2D eigenvalue weighted by molar-refractivity contribution is -0.156. The molecule has 2 saturated heterocycles. The number of ether oxygens (including phenoxy) is 1. The summed E-state index contributed by atoms with van der Waals surface area (Å²) >= 11 is 0. The Hall–Kier alpha value is -1.89. The standard InChI is InChI=1S/C28H30N2O3.2ClH/c31-21-8-7-18-13-26-28(32)15-20-12-19-4-1-2-6-24(19)29-25(20)16-27(28,23(18)14-21)9-10-30(26)17-22-5-3-11-33-22;;/h1-2,4,6-8,12,14,22,26,31-32H,3,5,9-11,13,15-17H2;2*1H/t22-,26+,27+,28+;;/m0../s1. The number of phenols is 1. The number of piperidine rings is 1. The number of fused-ring (bicyclic) bond motifs is 3. The highest BCUT2D eigenvalue weighted by Gasteiger charge is 2.64. The summed E-state index contributed by atoms with van der Waals surface area (Å²) in [6, 6.07) is 16.3. The van der Waals surface area contributed by atoms with E-state index in [0.717, 1.165) is 67.5 Å². The zero-order chi connectivity index (χ0) is 22.2. The summed E-state index contributed by atoms with van der Waals surface area (Å²) in [7, 11) is 0. The number of aromatic nitrogens is 1. The molecule has 7 rings (SSSR count). The molecular formula is C28H32Cl2N2O3. The van der Waals surface area contributed by atoms with Crippen LogP contribution in [0.2, 0.25) is 0 Å². The third kappa shape index (κ3) is 3.59. The Labute approximate surface area is 218 Å². The van der Waals surface area contributed by atoms with Crippen molar-refractivity contribution in [2.45, 2.75) is 61.7 Å². The molecule has 2 aliphatic heterocycles. The summed E-state index contributed by atoms with van der Waals surface area (Å²) in [4.78, 5) is 7.57. The highest BCUT2D eigenvalue weighted by molar-refractivity contribution is 5.85. The highest BCUT2D eigenvalue weighted by Crippen LogP contribution is 2.57. The molecule has 35 heavy (non-hydrogen) atoms. The van der Waals surface area contributed by atoms with Crippen molar-refractivity contribution < 1.29 is 14.9 Å². The molecule has 4 atom stereocenters. The lowest BCUT2D eigenvalue weighted by atomic mass is 9.49. The zero-order valence-electron chi connectivity index (χ0n) is 19.7. The van der Waals surface area contributed by atoms with Crippen LogP contribution in [0.1, 0.15) is 41.6 Å². The summed E-state index contributed by atoms with van der Waals surface area (Å²) in [5.74, 6) is 0.281. The van der Waals surface area contributed by atoms with Gasteiger partial charge in [-0.15, -0.1) is 24.8 Å². The molecule has 2 fully saturated rings. The normalized spacial score (nSPS) is 31.0. The Morgan fingerprint density at radius 3 is 2.74 bits per heavy atom. The molecule has 5 nitrogen and oxygen atoms in total. The Morgan fingerprint density at radius 1 is 1.06 bits per heavy atom. The van der Waals surface area contributed by atoms with Crippen molar-refractivity contribution in [3.8, 4) is 5.75 Å². The number of benzene rings is 2. The van der Waals surface area contributed by atoms with Crippen molar-refractivity contribution in [3.05, 3.63) is 70.9 Å². The summed E-state index contributed by atoms with van der Waals surface area (Å²) in [5, 5.41) is 24.2. The molecule has 2 aliphatic carbocycles. The van der Waals surface area contributed by atoms with E-state index in [4.69, 9.17) is 9.72 Å². The summed E-state index contributed by atoms with van der Waals surface area (Å²) in [6.07, 6.45) is 5.48. The molecule has 2 N–H and O–H groups in total. The Balaban J connectivity index is 0.00000127. The average molecular weight is 515 g/mol. The minimum atomic E-state index is -0.901. The first-order valence-electron chi connectivity index (χ1n) is 12.3. The second-order valence-electron chi connectivity index (χ2n) is 10.6. The smallest absolute Gasteiger partial charge is 0.115 e. The Bertz CT molecular complexity index is 1260. The number of hydrogen-bond acceptors (Lipinski definition) is 5. The van der Waals surface area contributed by atoms with Crippen LogP contribution in [0.25, 0.3) is 10.9 Å². The van der Waals surface area contributed by atoms with E-state index in [1.54, 1.807) is 6.07 Å². The summed E-state index contributed by atoms with van der Waals surface area (Å²) in [5.41, 5.74) is 4.32. The summed E-state index contributed by atoms with van der Waals surface area (Å²) < 4.78 is 5.98. The van der Waals surface area contributed by atoms with Gasteiger partial charge in [0.1, 0.15) is 5.75 Å². The predicted octanol–water partition coefficient (Wildman–Crippen LogP) is 4.36. The lowest BCUT2D eigenvalue weighted by Gasteiger charge is -2.63. The fourth-order valence-electron chi connectivity index (χ4n) is 7.36. The quantitative estimate of drug-likeness (QED) is 0.531. The molecule has 2 bridgehead atoms. The van der Waals surface area contributed by atoms with Crippen molar-refractivity contribution in [2.75, 3.05) is 19.7 Å². The van der Waals surface area contributed by atoms with Crippen LogP contribution in [0.15, 0.2) is 48.5 Å². The third-order valence-electron chi connectivity index (χ3n) is 8.95. The number of halogens is 2. The molecule has 3 aromatic rings. The second kappa shape index (κ2) is 8.89. The topological polar surface area (TPSA) is 65.8 Å². The van der Waals surface area contributed by atoms with Crippen LogP contribution in [0.5, 0.6) is 5.75 Å². The van der Waals surface area contributed by atoms with Gasteiger partial charge in [-0.1, -0.05) is 24.3 Å². The first-order valence-corrected chi connectivity index (χ1v) is 12.3. The van der Waals surface area contributed by atoms with E-state index < -0.39 is 11.0 Å². The van der Waals surface area contributed by atoms with E-state index in [0.29, 0.717) is 12.8 Å². The van der Waals surface area contributed by atoms with Gasteiger partial charge in [-0.25, -0.2) is 0 Å². The van der Waals surface area contributed by atoms with E-state index in [9.17, 15) is 10.2 Å². The maximum atomic E-state index is 12.7. The number of pyridine rings is 1. The van der Waals surface area contributed by atoms with E-state index in [2.05, 4.69) is 29.2 Å². The molecule has 2 aromatic carbocycles. The number of aliphatic hydroxyl groups is 1. The van der Waals surface area contributed by atoms with Crippen LogP contribution in [0, 0.1) is 0 Å². The van der Waals surface area contributed by atoms with Gasteiger partial charge in [-0.2, -0.15) is 0 Å². The average Bonchev–Trinajstić information content (AvgIpc) is 3.32. The first-order chi connectivity index (χ1) is 16.1. The Kier molecular flexibility index (Phi) is 6.30. The molecule has 0 spiro atoms. The number of para-hydroxylation sites is 1. The molecule has 7 heteroatoms. The van der Waals surface area contributed by atoms with Gasteiger partial charge in [0.25, 0.3) is 0 Å². The van der Waals surface area contributed by atoms with Gasteiger partial charge in [-0.05, 0) is 73.2 Å². The van der Waals surface area contributed by atoms with Gasteiger partial charge in [0.15, 0.2) is 0 Å². The van der Waals surface area contributed by atoms with Crippen molar-refractivity contribution in [1.82, 2.24) is 9.88 Å². The van der Waals surface area contributed by atoms with E-state index in [1.807, 2.05) is 18.2 Å². The molecule has 3 heterocycles. The fourth-order valence-corrected chi connectivity index (χ4v) is 7.36. The second-order valence-corrected chi connectivity index (χ2v) is 10.6. The zero-order valence-corrected chi connectivity index (χ0v) is 21.3. The Morgan fingerprint density at radius 2 is 1.91 bits per heavy atom. The van der Waals surface area contributed by atoms with Gasteiger partial charge < -0.3 is 14.9 Å². The van der Waals surface area contributed by atoms with Gasteiger partial charge in [0.2, 0.25) is 0 Å². The number of hydrogen-bond donors (Lipinski definition) is 2. The van der Waals surface area contributed by atoms with Crippen molar-refractivity contribution >= 4 is 35.7 Å². The minimum Gasteiger partial charge on any atom is -0.508 e. The van der Waals surface area contributed by atoms with Gasteiger partial charge in [0, 0.05) is 48.5 Å². The van der Waals surface area contributed by atoms with Crippen LogP contribution in [-0.4, -0.2) is 57.5 Å². The maximum Gasteiger partial charge on any atom is 0.115 e. The molecule has 4 aliphatic rings. The molecule has 1 aromatic heterocycles. The first kappa shape index (κ1) is 24.8. The largest absolute Gasteiger partial charge is 0.508 e. The molecule has 0 radical (unpaired) electrons. The number of nitrogens with zero attached hydrogens (tertiary/aromatic N) is 2. The minimum absolute atomic E-state index is 0. The van der Waals surface area contributed by atoms with E-state index >= 15 is 0 Å². The lowest BCUT2D eigenvalue weighted by Crippen LogP contribution is -2.74. The highest BCUT2D eigenvalue weighted by atomic mass is 35.5. The fraction of sp³-hybridized carbons (Fsp3) is 0.464. The molecular weight excluding hydrogens is 483 g/mol. The van der Waals surface area contributed by atoms with E-state index in [-0.39, 0.29) is 42.7 Å².